The number of rotatable bonds is 2. The zero-order valence-electron chi connectivity index (χ0n) is 10.4. The Labute approximate surface area is 113 Å². The van der Waals surface area contributed by atoms with E-state index in [4.69, 9.17) is 20.4 Å². The van der Waals surface area contributed by atoms with Crippen LogP contribution in [0.15, 0.2) is 17.1 Å². The van der Waals surface area contributed by atoms with Crippen molar-refractivity contribution in [2.75, 3.05) is 12.3 Å². The van der Waals surface area contributed by atoms with Crippen molar-refractivity contribution in [3.8, 4) is 0 Å². The van der Waals surface area contributed by atoms with Crippen LogP contribution in [0.1, 0.15) is 6.23 Å². The van der Waals surface area contributed by atoms with Crippen molar-refractivity contribution in [3.05, 3.63) is 22.7 Å². The number of carbonyl (C=O) groups is 1. The molecule has 1 aromatic heterocycles. The smallest absolute Gasteiger partial charge is 0.351 e. The van der Waals surface area contributed by atoms with Gasteiger partial charge in [-0.1, -0.05) is 0 Å². The van der Waals surface area contributed by atoms with E-state index in [0.717, 1.165) is 4.57 Å². The topological polar surface area (TPSA) is 174 Å². The Bertz CT molecular complexity index is 507. The molecule has 20 heavy (non-hydrogen) atoms. The molecular formula is C10H16N4O6. The molecule has 1 aromatic rings. The van der Waals surface area contributed by atoms with E-state index in [1.807, 2.05) is 0 Å². The summed E-state index contributed by atoms with van der Waals surface area (Å²) in [7, 11) is 0. The standard InChI is InChI=1S/C9H13N3O5.CH3NO/c10-5-1-2-12(9(16)11-5)8-7(15)6(14)4(3-13)17-8;2-1-3/h1-2,4,6-8,13-15H,3H2,(H2,10,11,16);1H,(H2,2,3)/t4-,6-,7-,8-;/m1./s1. The van der Waals surface area contributed by atoms with E-state index < -0.39 is 36.8 Å². The molecule has 0 spiro atoms. The molecule has 4 atom stereocenters. The SMILES string of the molecule is NC=O.Nc1ccn([C@@H]2O[C@H](CO)[C@@H](O)[C@H]2O)c(=O)n1. The Balaban J connectivity index is 0.000000612. The van der Waals surface area contributed by atoms with Gasteiger partial charge in [0.05, 0.1) is 6.61 Å². The summed E-state index contributed by atoms with van der Waals surface area (Å²) >= 11 is 0. The van der Waals surface area contributed by atoms with E-state index in [1.54, 1.807) is 0 Å². The largest absolute Gasteiger partial charge is 0.394 e. The molecule has 1 aliphatic heterocycles. The maximum absolute atomic E-state index is 11.5. The summed E-state index contributed by atoms with van der Waals surface area (Å²) in [6, 6.07) is 1.37. The molecule has 10 nitrogen and oxygen atoms in total. The average molecular weight is 288 g/mol. The van der Waals surface area contributed by atoms with Crippen molar-refractivity contribution < 1.29 is 24.9 Å². The van der Waals surface area contributed by atoms with E-state index >= 15 is 0 Å². The summed E-state index contributed by atoms with van der Waals surface area (Å²) in [5.41, 5.74) is 8.80. The third-order valence-electron chi connectivity index (χ3n) is 2.64. The highest BCUT2D eigenvalue weighted by Gasteiger charge is 2.43. The third kappa shape index (κ3) is 3.30. The Morgan fingerprint density at radius 2 is 2.05 bits per heavy atom. The minimum atomic E-state index is -1.31. The number of anilines is 1. The van der Waals surface area contributed by atoms with Gasteiger partial charge in [0, 0.05) is 6.20 Å². The Morgan fingerprint density at radius 1 is 1.45 bits per heavy atom. The first kappa shape index (κ1) is 16.0. The number of hydrogen-bond acceptors (Lipinski definition) is 8. The molecule has 7 N–H and O–H groups in total. The van der Waals surface area contributed by atoms with Gasteiger partial charge in [0.15, 0.2) is 6.23 Å². The molecule has 0 radical (unpaired) electrons. The normalized spacial score (nSPS) is 28.6. The van der Waals surface area contributed by atoms with Crippen LogP contribution in [-0.4, -0.2) is 56.2 Å². The van der Waals surface area contributed by atoms with Crippen LogP contribution in [0.5, 0.6) is 0 Å². The van der Waals surface area contributed by atoms with Gasteiger partial charge in [0.1, 0.15) is 24.1 Å². The lowest BCUT2D eigenvalue weighted by Crippen LogP contribution is -2.36. The van der Waals surface area contributed by atoms with Gasteiger partial charge in [0.25, 0.3) is 0 Å². The van der Waals surface area contributed by atoms with Crippen LogP contribution in [0.4, 0.5) is 5.82 Å². The minimum absolute atomic E-state index is 0.0537. The first-order valence-corrected chi connectivity index (χ1v) is 5.58. The minimum Gasteiger partial charge on any atom is -0.394 e. The van der Waals surface area contributed by atoms with Gasteiger partial charge in [0.2, 0.25) is 6.41 Å². The summed E-state index contributed by atoms with van der Waals surface area (Å²) < 4.78 is 6.19. The predicted octanol–water partition coefficient (Wildman–Crippen LogP) is -3.46. The Morgan fingerprint density at radius 3 is 2.50 bits per heavy atom. The van der Waals surface area contributed by atoms with Crippen LogP contribution < -0.4 is 17.2 Å². The van der Waals surface area contributed by atoms with Crippen LogP contribution in [0, 0.1) is 0 Å². The second-order valence-corrected chi connectivity index (χ2v) is 3.91. The van der Waals surface area contributed by atoms with Crippen molar-refractivity contribution in [1.29, 1.82) is 0 Å². The second-order valence-electron chi connectivity index (χ2n) is 3.91. The number of nitrogens with two attached hydrogens (primary N) is 2. The van der Waals surface area contributed by atoms with E-state index in [2.05, 4.69) is 10.7 Å². The molecular weight excluding hydrogens is 272 g/mol. The number of hydrogen-bond donors (Lipinski definition) is 5. The summed E-state index contributed by atoms with van der Waals surface area (Å²) in [6.45, 7) is -0.453. The third-order valence-corrected chi connectivity index (χ3v) is 2.64. The van der Waals surface area contributed by atoms with Gasteiger partial charge in [-0.3, -0.25) is 9.36 Å². The fourth-order valence-corrected chi connectivity index (χ4v) is 1.73. The highest BCUT2D eigenvalue weighted by Crippen LogP contribution is 2.27. The number of nitrogen functional groups attached to an aromatic ring is 1. The Hall–Kier alpha value is -2.01. The van der Waals surface area contributed by atoms with E-state index in [-0.39, 0.29) is 12.2 Å². The molecule has 1 fully saturated rings. The monoisotopic (exact) mass is 288 g/mol. The molecule has 2 heterocycles. The van der Waals surface area contributed by atoms with E-state index in [9.17, 15) is 15.0 Å². The van der Waals surface area contributed by atoms with E-state index in [1.165, 1.54) is 12.3 Å². The fraction of sp³-hybridized carbons (Fsp3) is 0.500. The number of ether oxygens (including phenoxy) is 1. The molecule has 0 aromatic carbocycles. The van der Waals surface area contributed by atoms with Crippen LogP contribution in [-0.2, 0) is 9.53 Å². The van der Waals surface area contributed by atoms with Crippen LogP contribution in [0.2, 0.25) is 0 Å². The number of amides is 1. The molecule has 0 bridgehead atoms. The number of nitrogens with zero attached hydrogens (tertiary/aromatic N) is 2. The zero-order chi connectivity index (χ0) is 15.3. The summed E-state index contributed by atoms with van der Waals surface area (Å²) in [5, 5.41) is 28.2. The predicted molar refractivity (Wildman–Crippen MR) is 66.2 cm³/mol. The molecule has 1 aliphatic rings. The fourth-order valence-electron chi connectivity index (χ4n) is 1.73. The average Bonchev–Trinajstić information content (AvgIpc) is 2.67. The molecule has 0 aliphatic carbocycles. The second kappa shape index (κ2) is 6.96. The van der Waals surface area contributed by atoms with Gasteiger partial charge in [-0.15, -0.1) is 0 Å². The van der Waals surface area contributed by atoms with Crippen LogP contribution in [0.25, 0.3) is 0 Å². The first-order chi connectivity index (χ1) is 9.46. The van der Waals surface area contributed by atoms with Gasteiger partial charge < -0.3 is 31.5 Å². The number of aliphatic hydroxyl groups is 3. The molecule has 1 amide bonds. The van der Waals surface area contributed by atoms with Gasteiger partial charge >= 0.3 is 5.69 Å². The number of aromatic nitrogens is 2. The summed E-state index contributed by atoms with van der Waals surface area (Å²) in [4.78, 5) is 23.6. The van der Waals surface area contributed by atoms with Gasteiger partial charge in [-0.05, 0) is 6.07 Å². The van der Waals surface area contributed by atoms with Crippen LogP contribution in [0.3, 0.4) is 0 Å². The molecule has 2 rings (SSSR count). The van der Waals surface area contributed by atoms with E-state index in [0.29, 0.717) is 0 Å². The van der Waals surface area contributed by atoms with Crippen molar-refractivity contribution in [3.63, 3.8) is 0 Å². The molecule has 10 heteroatoms. The number of carbonyl (C=O) groups excluding carboxylic acids is 1. The lowest BCUT2D eigenvalue weighted by molar-refractivity contribution is -0.106. The maximum atomic E-state index is 11.5. The molecule has 1 saturated heterocycles. The van der Waals surface area contributed by atoms with Gasteiger partial charge in [-0.2, -0.15) is 4.98 Å². The van der Waals surface area contributed by atoms with Crippen molar-refractivity contribution in [2.24, 2.45) is 5.73 Å². The van der Waals surface area contributed by atoms with Gasteiger partial charge in [-0.25, -0.2) is 4.79 Å². The number of primary amides is 1. The lowest BCUT2D eigenvalue weighted by atomic mass is 10.1. The number of aliphatic hydroxyl groups excluding tert-OH is 3. The maximum Gasteiger partial charge on any atom is 0.351 e. The highest BCUT2D eigenvalue weighted by atomic mass is 16.6. The van der Waals surface area contributed by atoms with Crippen molar-refractivity contribution in [2.45, 2.75) is 24.5 Å². The van der Waals surface area contributed by atoms with Crippen molar-refractivity contribution >= 4 is 12.2 Å². The quantitative estimate of drug-likeness (QED) is 0.349. The first-order valence-electron chi connectivity index (χ1n) is 5.58. The zero-order valence-corrected chi connectivity index (χ0v) is 10.4. The summed E-state index contributed by atoms with van der Waals surface area (Å²) in [5.74, 6) is 0.0537. The van der Waals surface area contributed by atoms with Crippen molar-refractivity contribution in [1.82, 2.24) is 9.55 Å². The lowest BCUT2D eigenvalue weighted by Gasteiger charge is -2.16. The Kier molecular flexibility index (Phi) is 5.58. The summed E-state index contributed by atoms with van der Waals surface area (Å²) in [6.07, 6.45) is -3.02. The molecule has 0 saturated carbocycles. The highest BCUT2D eigenvalue weighted by molar-refractivity contribution is 5.42. The molecule has 0 unspecified atom stereocenters. The van der Waals surface area contributed by atoms with Crippen LogP contribution >= 0.6 is 0 Å². The molecule has 112 valence electrons.